The molecule has 2 bridgehead atoms. The number of esters is 1. The van der Waals surface area contributed by atoms with Gasteiger partial charge in [-0.1, -0.05) is 19.9 Å². The van der Waals surface area contributed by atoms with Gasteiger partial charge in [0.25, 0.3) is 5.91 Å². The highest BCUT2D eigenvalue weighted by molar-refractivity contribution is 6.45. The largest absolute Gasteiger partial charge is 0.514 e. The molecule has 3 N–H and O–H groups in total. The van der Waals surface area contributed by atoms with Gasteiger partial charge >= 0.3 is 19.2 Å². The second-order valence-electron chi connectivity index (χ2n) is 18.2. The molecule has 6 aliphatic rings. The molecule has 0 radical (unpaired) electrons. The van der Waals surface area contributed by atoms with Crippen molar-refractivity contribution in [2.24, 2.45) is 28.9 Å². The Morgan fingerprint density at radius 2 is 1.73 bits per heavy atom. The van der Waals surface area contributed by atoms with Crippen LogP contribution in [0, 0.1) is 23.2 Å². The smallest absolute Gasteiger partial charge is 0.487 e. The number of carbonyl (C=O) groups is 3. The Bertz CT molecular complexity index is 1520. The number of hydroxylamine groups is 1. The van der Waals surface area contributed by atoms with Crippen LogP contribution in [0.25, 0.3) is 0 Å². The Labute approximate surface area is 308 Å². The van der Waals surface area contributed by atoms with Crippen molar-refractivity contribution in [1.82, 2.24) is 10.4 Å². The van der Waals surface area contributed by atoms with Crippen LogP contribution in [-0.2, 0) is 34.8 Å². The van der Waals surface area contributed by atoms with Gasteiger partial charge in [0.1, 0.15) is 28.6 Å². The predicted molar refractivity (Wildman–Crippen MR) is 193 cm³/mol. The maximum Gasteiger partial charge on any atom is 0.514 e. The van der Waals surface area contributed by atoms with Gasteiger partial charge in [-0.3, -0.25) is 14.5 Å². The molecule has 1 aromatic rings. The number of rotatable bonds is 13. The van der Waals surface area contributed by atoms with Crippen LogP contribution in [0.15, 0.2) is 12.1 Å². The fourth-order valence-corrected chi connectivity index (χ4v) is 8.12. The molecule has 288 valence electrons. The Hall–Kier alpha value is -2.91. The van der Waals surface area contributed by atoms with Crippen molar-refractivity contribution in [3.8, 4) is 11.5 Å². The number of hydrogen-bond acceptors (Lipinski definition) is 12. The number of carbonyl (C=O) groups excluding carboxylic acids is 3. The minimum Gasteiger partial charge on any atom is -0.487 e. The summed E-state index contributed by atoms with van der Waals surface area (Å²) in [5.74, 6) is 0.734. The molecule has 1 aromatic carbocycles. The number of nitrogens with one attached hydrogen (secondary N) is 1. The second kappa shape index (κ2) is 14.4. The Morgan fingerprint density at radius 1 is 1.04 bits per heavy atom. The van der Waals surface area contributed by atoms with Crippen molar-refractivity contribution in [2.45, 2.75) is 136 Å². The van der Waals surface area contributed by atoms with Crippen LogP contribution in [-0.4, -0.2) is 91.3 Å². The number of likely N-dealkylation sites (tertiary alicyclic amines) is 1. The van der Waals surface area contributed by atoms with E-state index in [0.717, 1.165) is 25.7 Å². The van der Waals surface area contributed by atoms with Crippen molar-refractivity contribution >= 4 is 25.2 Å². The van der Waals surface area contributed by atoms with E-state index in [4.69, 9.17) is 38.8 Å². The van der Waals surface area contributed by atoms with E-state index in [1.54, 1.807) is 53.7 Å². The lowest BCUT2D eigenvalue weighted by Crippen LogP contribution is -2.65. The van der Waals surface area contributed by atoms with Crippen LogP contribution >= 0.6 is 0 Å². The fraction of sp³-hybridized carbons (Fsp3) is 0.763. The van der Waals surface area contributed by atoms with Gasteiger partial charge in [0.15, 0.2) is 5.75 Å². The van der Waals surface area contributed by atoms with E-state index in [1.807, 2.05) is 4.90 Å². The van der Waals surface area contributed by atoms with E-state index in [0.29, 0.717) is 62.3 Å². The van der Waals surface area contributed by atoms with Crippen LogP contribution in [0.1, 0.15) is 104 Å². The zero-order valence-corrected chi connectivity index (χ0v) is 32.4. The first-order chi connectivity index (χ1) is 24.2. The number of ether oxygens (including phenoxy) is 4. The van der Waals surface area contributed by atoms with E-state index in [1.165, 1.54) is 0 Å². The molecule has 52 heavy (non-hydrogen) atoms. The van der Waals surface area contributed by atoms with Gasteiger partial charge in [0, 0.05) is 19.6 Å². The van der Waals surface area contributed by atoms with E-state index >= 15 is 0 Å². The third-order valence-corrected chi connectivity index (χ3v) is 11.2. The molecular weight excluding hydrogens is 669 g/mol. The molecule has 2 heterocycles. The van der Waals surface area contributed by atoms with Crippen LogP contribution in [0.5, 0.6) is 11.5 Å². The Balaban J connectivity index is 1.18. The normalized spacial score (nSPS) is 27.5. The zero-order valence-electron chi connectivity index (χ0n) is 32.4. The van der Waals surface area contributed by atoms with Crippen LogP contribution < -0.4 is 20.7 Å². The summed E-state index contributed by atoms with van der Waals surface area (Å²) in [5.41, 5.74) is 7.35. The highest BCUT2D eigenvalue weighted by Crippen LogP contribution is 2.65. The van der Waals surface area contributed by atoms with E-state index in [2.05, 4.69) is 26.3 Å². The monoisotopic (exact) mass is 727 g/mol. The molecule has 4 saturated carbocycles. The summed E-state index contributed by atoms with van der Waals surface area (Å²) in [6, 6.07) is 2.73. The second-order valence-corrected chi connectivity index (χ2v) is 18.2. The Morgan fingerprint density at radius 3 is 2.37 bits per heavy atom. The lowest BCUT2D eigenvalue weighted by molar-refractivity contribution is -0.199. The van der Waals surface area contributed by atoms with Crippen molar-refractivity contribution in [3.05, 3.63) is 23.3 Å². The fourth-order valence-electron chi connectivity index (χ4n) is 8.12. The number of benzene rings is 1. The van der Waals surface area contributed by atoms with E-state index in [9.17, 15) is 14.4 Å². The lowest BCUT2D eigenvalue weighted by Gasteiger charge is -2.64. The maximum absolute atomic E-state index is 13.9. The molecule has 0 spiro atoms. The minimum atomic E-state index is -0.951. The SMILES string of the molecule is CC(C)(C)OC(=O)Oc1c(CCB2O[C@@H]3C[C@@H]4C[C@@H](C4(C)C)[C@]3(C)O2)ccc(OC2CN(CC(N)C(=O)NOCC3CC3)C2)c1C(=O)OC(C)(C)C. The molecule has 5 atom stereocenters. The van der Waals surface area contributed by atoms with Gasteiger partial charge in [-0.15, -0.1) is 0 Å². The lowest BCUT2D eigenvalue weighted by atomic mass is 9.43. The molecule has 1 unspecified atom stereocenters. The molecular formula is C38H58BN3O10. The zero-order chi connectivity index (χ0) is 37.8. The van der Waals surface area contributed by atoms with Crippen molar-refractivity contribution in [1.29, 1.82) is 0 Å². The van der Waals surface area contributed by atoms with Crippen LogP contribution in [0.3, 0.4) is 0 Å². The summed E-state index contributed by atoms with van der Waals surface area (Å²) < 4.78 is 36.7. The van der Waals surface area contributed by atoms with Crippen LogP contribution in [0.2, 0.25) is 6.32 Å². The van der Waals surface area contributed by atoms with Gasteiger partial charge in [-0.2, -0.15) is 0 Å². The quantitative estimate of drug-likeness (QED) is 0.121. The van der Waals surface area contributed by atoms with Crippen molar-refractivity contribution in [2.75, 3.05) is 26.2 Å². The third kappa shape index (κ3) is 8.72. The molecule has 2 aliphatic heterocycles. The molecule has 7 rings (SSSR count). The number of nitrogens with zero attached hydrogens (tertiary/aromatic N) is 1. The average Bonchev–Trinajstić information content (AvgIpc) is 3.75. The van der Waals surface area contributed by atoms with E-state index in [-0.39, 0.29) is 46.2 Å². The summed E-state index contributed by atoms with van der Waals surface area (Å²) in [7, 11) is -0.445. The maximum atomic E-state index is 13.9. The number of hydrogen-bond donors (Lipinski definition) is 2. The first-order valence-corrected chi connectivity index (χ1v) is 18.9. The average molecular weight is 728 g/mol. The summed E-state index contributed by atoms with van der Waals surface area (Å²) >= 11 is 0. The molecule has 1 amide bonds. The molecule has 13 nitrogen and oxygen atoms in total. The highest BCUT2D eigenvalue weighted by Gasteiger charge is 2.67. The van der Waals surface area contributed by atoms with Crippen molar-refractivity contribution in [3.63, 3.8) is 0 Å². The van der Waals surface area contributed by atoms with Gasteiger partial charge in [-0.25, -0.2) is 15.1 Å². The Kier molecular flexibility index (Phi) is 10.7. The van der Waals surface area contributed by atoms with Gasteiger partial charge < -0.3 is 34.0 Å². The molecule has 14 heteroatoms. The summed E-state index contributed by atoms with van der Waals surface area (Å²) in [6.45, 7) is 19.1. The van der Waals surface area contributed by atoms with Gasteiger partial charge in [-0.05, 0) is 122 Å². The standard InChI is InChI=1S/C38H58BN3O10/c1-35(2,3)49-33(44)30-27(47-25-18-42(19-25)20-26(40)32(43)41-46-21-22-10-11-22)13-12-23(31(30)48-34(45)50-36(4,5)6)14-15-39-51-29-17-24-16-28(37(24,7)8)38(29,9)52-39/h12-13,22,24-26,28-29H,10-11,14-21,40H2,1-9H3,(H,41,43)/t24-,26?,28-,29+,38-/m0/s1. The molecule has 6 fully saturated rings. The first kappa shape index (κ1) is 38.8. The van der Waals surface area contributed by atoms with E-state index < -0.39 is 36.5 Å². The molecule has 2 saturated heterocycles. The molecule has 0 aromatic heterocycles. The first-order valence-electron chi connectivity index (χ1n) is 18.9. The summed E-state index contributed by atoms with van der Waals surface area (Å²) in [4.78, 5) is 46.8. The number of amides is 1. The molecule has 4 aliphatic carbocycles. The van der Waals surface area contributed by atoms with Gasteiger partial charge in [0.05, 0.1) is 24.4 Å². The number of nitrogens with two attached hydrogens (primary N) is 1. The van der Waals surface area contributed by atoms with Crippen molar-refractivity contribution < 1.29 is 47.5 Å². The third-order valence-electron chi connectivity index (χ3n) is 11.2. The minimum absolute atomic E-state index is 0.00270. The van der Waals surface area contributed by atoms with Crippen LogP contribution in [0.4, 0.5) is 4.79 Å². The highest BCUT2D eigenvalue weighted by atomic mass is 16.7. The van der Waals surface area contributed by atoms with Gasteiger partial charge in [0.2, 0.25) is 0 Å². The topological polar surface area (TPSA) is 157 Å². The summed E-state index contributed by atoms with van der Waals surface area (Å²) in [5, 5.41) is 0. The summed E-state index contributed by atoms with van der Waals surface area (Å²) in [6.07, 6.45) is 4.01. The number of aryl methyl sites for hydroxylation is 1. The predicted octanol–water partition coefficient (Wildman–Crippen LogP) is 5.07.